The van der Waals surface area contributed by atoms with Crippen LogP contribution in [-0.4, -0.2) is 18.8 Å². The Labute approximate surface area is 103 Å². The van der Waals surface area contributed by atoms with E-state index in [4.69, 9.17) is 23.2 Å². The number of hydrogen-bond acceptors (Lipinski definition) is 3. The summed E-state index contributed by atoms with van der Waals surface area (Å²) in [4.78, 5) is 10.3. The van der Waals surface area contributed by atoms with E-state index in [-0.39, 0.29) is 0 Å². The van der Waals surface area contributed by atoms with Crippen molar-refractivity contribution in [2.24, 2.45) is 5.10 Å². The number of amidine groups is 1. The predicted octanol–water partition coefficient (Wildman–Crippen LogP) is 2.26. The molecule has 0 radical (unpaired) electrons. The molecule has 16 heavy (non-hydrogen) atoms. The number of nitrogens with zero attached hydrogens (tertiary/aromatic N) is 2. The molecule has 0 saturated heterocycles. The Morgan fingerprint density at radius 3 is 2.88 bits per heavy atom. The van der Waals surface area contributed by atoms with Crippen molar-refractivity contribution in [3.05, 3.63) is 28.2 Å². The normalized spacial score (nSPS) is 14.9. The summed E-state index contributed by atoms with van der Waals surface area (Å²) in [6, 6.07) is 5.30. The minimum Gasteiger partial charge on any atom is -0.315 e. The van der Waals surface area contributed by atoms with Crippen LogP contribution in [0, 0.1) is 0 Å². The van der Waals surface area contributed by atoms with E-state index < -0.39 is 0 Å². The van der Waals surface area contributed by atoms with Gasteiger partial charge in [-0.05, 0) is 18.2 Å². The molecule has 0 bridgehead atoms. The van der Waals surface area contributed by atoms with Crippen molar-refractivity contribution in [1.29, 1.82) is 0 Å². The van der Waals surface area contributed by atoms with Crippen LogP contribution in [0.25, 0.3) is 0 Å². The number of anilines is 1. The second-order valence-electron chi connectivity index (χ2n) is 3.28. The zero-order valence-electron chi connectivity index (χ0n) is 8.28. The van der Waals surface area contributed by atoms with Gasteiger partial charge < -0.3 is 5.32 Å². The van der Waals surface area contributed by atoms with Crippen LogP contribution in [0.3, 0.4) is 0 Å². The number of carbonyl (C=O) groups excluding carboxylic acids is 1. The molecule has 1 amide bonds. The number of hydrazone groups is 1. The molecule has 6 heteroatoms. The Hall–Kier alpha value is -1.26. The first-order valence-electron chi connectivity index (χ1n) is 4.71. The van der Waals surface area contributed by atoms with E-state index in [0.717, 1.165) is 5.69 Å². The highest BCUT2D eigenvalue weighted by Gasteiger charge is 2.16. The van der Waals surface area contributed by atoms with Gasteiger partial charge >= 0.3 is 0 Å². The first-order chi connectivity index (χ1) is 7.70. The predicted molar refractivity (Wildman–Crippen MR) is 65.1 cm³/mol. The van der Waals surface area contributed by atoms with E-state index in [1.165, 1.54) is 0 Å². The fraction of sp³-hybridized carbons (Fsp3) is 0.200. The standard InChI is InChI=1S/C10H9Cl2N3O/c11-8-2-1-7(5-9(8)12)15-4-3-10(14-15)13-6-16/h1-2,5-6H,3-4H2,(H,13,14,16). The van der Waals surface area contributed by atoms with Crippen LogP contribution >= 0.6 is 23.2 Å². The van der Waals surface area contributed by atoms with Crippen molar-refractivity contribution in [1.82, 2.24) is 5.32 Å². The molecule has 0 spiro atoms. The Balaban J connectivity index is 2.19. The van der Waals surface area contributed by atoms with E-state index in [0.29, 0.717) is 35.3 Å². The zero-order valence-corrected chi connectivity index (χ0v) is 9.79. The maximum absolute atomic E-state index is 10.3. The summed E-state index contributed by atoms with van der Waals surface area (Å²) in [5, 5.41) is 9.54. The lowest BCUT2D eigenvalue weighted by atomic mass is 10.3. The molecule has 1 aromatic carbocycles. The lowest BCUT2D eigenvalue weighted by Gasteiger charge is -2.13. The highest BCUT2D eigenvalue weighted by molar-refractivity contribution is 6.42. The second-order valence-corrected chi connectivity index (χ2v) is 4.09. The summed E-state index contributed by atoms with van der Waals surface area (Å²) >= 11 is 11.7. The average Bonchev–Trinajstić information content (AvgIpc) is 2.71. The van der Waals surface area contributed by atoms with Crippen molar-refractivity contribution in [3.63, 3.8) is 0 Å². The molecule has 0 fully saturated rings. The van der Waals surface area contributed by atoms with Crippen LogP contribution in [-0.2, 0) is 4.79 Å². The lowest BCUT2D eigenvalue weighted by molar-refractivity contribution is -0.108. The molecule has 4 nitrogen and oxygen atoms in total. The van der Waals surface area contributed by atoms with E-state index in [9.17, 15) is 4.79 Å². The number of carbonyl (C=O) groups is 1. The van der Waals surface area contributed by atoms with Crippen molar-refractivity contribution >= 4 is 41.1 Å². The van der Waals surface area contributed by atoms with Gasteiger partial charge in [-0.25, -0.2) is 0 Å². The van der Waals surface area contributed by atoms with Crippen molar-refractivity contribution in [3.8, 4) is 0 Å². The van der Waals surface area contributed by atoms with Crippen LogP contribution in [0.4, 0.5) is 5.69 Å². The van der Waals surface area contributed by atoms with Crippen molar-refractivity contribution in [2.75, 3.05) is 11.6 Å². The number of rotatable bonds is 2. The van der Waals surface area contributed by atoms with Gasteiger partial charge in [0.1, 0.15) is 5.84 Å². The zero-order chi connectivity index (χ0) is 11.5. The smallest absolute Gasteiger partial charge is 0.212 e. The summed E-state index contributed by atoms with van der Waals surface area (Å²) in [6.07, 6.45) is 1.33. The third-order valence-electron chi connectivity index (χ3n) is 2.23. The molecule has 0 saturated carbocycles. The summed E-state index contributed by atoms with van der Waals surface area (Å²) in [5.41, 5.74) is 0.858. The molecule has 1 N–H and O–H groups in total. The lowest BCUT2D eigenvalue weighted by Crippen LogP contribution is -2.18. The number of amides is 1. The monoisotopic (exact) mass is 257 g/mol. The third kappa shape index (κ3) is 2.28. The molecule has 84 valence electrons. The molecule has 1 heterocycles. The molecule has 0 atom stereocenters. The van der Waals surface area contributed by atoms with Crippen LogP contribution in [0.2, 0.25) is 10.0 Å². The molecular weight excluding hydrogens is 249 g/mol. The molecule has 1 aliphatic heterocycles. The minimum atomic E-state index is 0.492. The first-order valence-corrected chi connectivity index (χ1v) is 5.46. The van der Waals surface area contributed by atoms with Crippen molar-refractivity contribution < 1.29 is 4.79 Å². The topological polar surface area (TPSA) is 44.7 Å². The number of benzene rings is 1. The molecular formula is C10H9Cl2N3O. The quantitative estimate of drug-likeness (QED) is 0.827. The Bertz CT molecular complexity index is 448. The maximum atomic E-state index is 10.3. The highest BCUT2D eigenvalue weighted by Crippen LogP contribution is 2.28. The summed E-state index contributed by atoms with van der Waals surface area (Å²) in [7, 11) is 0. The van der Waals surface area contributed by atoms with E-state index in [1.54, 1.807) is 17.1 Å². The second kappa shape index (κ2) is 4.72. The van der Waals surface area contributed by atoms with Gasteiger partial charge in [-0.1, -0.05) is 23.2 Å². The van der Waals surface area contributed by atoms with E-state index in [2.05, 4.69) is 10.4 Å². The van der Waals surface area contributed by atoms with Crippen LogP contribution in [0.1, 0.15) is 6.42 Å². The Kier molecular flexibility index (Phi) is 3.31. The van der Waals surface area contributed by atoms with Gasteiger partial charge in [0.15, 0.2) is 0 Å². The SMILES string of the molecule is O=CNC1=NN(c2ccc(Cl)c(Cl)c2)CC1. The summed E-state index contributed by atoms with van der Waals surface area (Å²) in [6.45, 7) is 0.716. The van der Waals surface area contributed by atoms with E-state index in [1.807, 2.05) is 6.07 Å². The van der Waals surface area contributed by atoms with Crippen LogP contribution in [0.5, 0.6) is 0 Å². The fourth-order valence-electron chi connectivity index (χ4n) is 1.46. The summed E-state index contributed by atoms with van der Waals surface area (Å²) in [5.74, 6) is 0.654. The van der Waals surface area contributed by atoms with Crippen LogP contribution in [0.15, 0.2) is 23.3 Å². The van der Waals surface area contributed by atoms with E-state index >= 15 is 0 Å². The minimum absolute atomic E-state index is 0.492. The van der Waals surface area contributed by atoms with Gasteiger partial charge in [0.25, 0.3) is 0 Å². The molecule has 2 rings (SSSR count). The Morgan fingerprint density at radius 2 is 2.19 bits per heavy atom. The maximum Gasteiger partial charge on any atom is 0.212 e. The molecule has 0 unspecified atom stereocenters. The average molecular weight is 258 g/mol. The van der Waals surface area contributed by atoms with Crippen LogP contribution < -0.4 is 10.3 Å². The Morgan fingerprint density at radius 1 is 1.38 bits per heavy atom. The first kappa shape index (κ1) is 11.2. The largest absolute Gasteiger partial charge is 0.315 e. The highest BCUT2D eigenvalue weighted by atomic mass is 35.5. The third-order valence-corrected chi connectivity index (χ3v) is 2.97. The van der Waals surface area contributed by atoms with Gasteiger partial charge in [0, 0.05) is 13.0 Å². The number of nitrogens with one attached hydrogen (secondary N) is 1. The molecule has 0 aromatic heterocycles. The van der Waals surface area contributed by atoms with Crippen molar-refractivity contribution in [2.45, 2.75) is 6.42 Å². The number of halogens is 2. The number of hydrogen-bond donors (Lipinski definition) is 1. The van der Waals surface area contributed by atoms with Gasteiger partial charge in [-0.15, -0.1) is 0 Å². The molecule has 0 aliphatic carbocycles. The molecule has 1 aliphatic rings. The van der Waals surface area contributed by atoms with Gasteiger partial charge in [0.05, 0.1) is 15.7 Å². The van der Waals surface area contributed by atoms with Gasteiger partial charge in [-0.2, -0.15) is 5.10 Å². The molecule has 1 aromatic rings. The van der Waals surface area contributed by atoms with Gasteiger partial charge in [-0.3, -0.25) is 9.80 Å². The fourth-order valence-corrected chi connectivity index (χ4v) is 1.75. The van der Waals surface area contributed by atoms with Gasteiger partial charge in [0.2, 0.25) is 6.41 Å². The summed E-state index contributed by atoms with van der Waals surface area (Å²) < 4.78 is 0.